The van der Waals surface area contributed by atoms with Gasteiger partial charge in [0.1, 0.15) is 0 Å². The van der Waals surface area contributed by atoms with Crippen molar-refractivity contribution in [2.45, 2.75) is 31.3 Å². The van der Waals surface area contributed by atoms with Crippen molar-refractivity contribution in [1.29, 1.82) is 0 Å². The van der Waals surface area contributed by atoms with Crippen LogP contribution >= 0.6 is 24.8 Å². The molecule has 0 saturated carbocycles. The molecule has 2 aliphatic rings. The van der Waals surface area contributed by atoms with Crippen LogP contribution in [0.5, 0.6) is 0 Å². The third kappa shape index (κ3) is 2.67. The molecule has 0 bridgehead atoms. The molecule has 1 N–H and O–H groups in total. The zero-order valence-electron chi connectivity index (χ0n) is 10.8. The van der Waals surface area contributed by atoms with E-state index < -0.39 is 0 Å². The second kappa shape index (κ2) is 6.76. The highest BCUT2D eigenvalue weighted by Crippen LogP contribution is 2.37. The molecule has 1 aliphatic heterocycles. The van der Waals surface area contributed by atoms with Crippen LogP contribution in [0.3, 0.4) is 0 Å². The maximum atomic E-state index is 3.50. The number of hydrogen-bond donors (Lipinski definition) is 1. The van der Waals surface area contributed by atoms with Gasteiger partial charge in [0.2, 0.25) is 0 Å². The minimum Gasteiger partial charge on any atom is -0.315 e. The van der Waals surface area contributed by atoms with Gasteiger partial charge in [-0.3, -0.25) is 4.90 Å². The van der Waals surface area contributed by atoms with Crippen LogP contribution in [0.2, 0.25) is 0 Å². The molecule has 1 heterocycles. The number of hydrogen-bond acceptors (Lipinski definition) is 2. The lowest BCUT2D eigenvalue weighted by atomic mass is 10.1. The molecule has 4 heteroatoms. The summed E-state index contributed by atoms with van der Waals surface area (Å²) in [7, 11) is 2.10. The molecule has 2 nitrogen and oxygen atoms in total. The smallest absolute Gasteiger partial charge is 0.0507 e. The summed E-state index contributed by atoms with van der Waals surface area (Å²) in [6.07, 6.45) is 3.93. The van der Waals surface area contributed by atoms with E-state index in [2.05, 4.69) is 41.5 Å². The molecule has 1 saturated heterocycles. The van der Waals surface area contributed by atoms with Crippen molar-refractivity contribution in [3.8, 4) is 0 Å². The van der Waals surface area contributed by atoms with E-state index in [1.165, 1.54) is 32.4 Å². The summed E-state index contributed by atoms with van der Waals surface area (Å²) in [4.78, 5) is 2.66. The fraction of sp³-hybridized carbons (Fsp3) is 0.571. The third-order valence-corrected chi connectivity index (χ3v) is 4.10. The topological polar surface area (TPSA) is 15.3 Å². The number of halogens is 2. The summed E-state index contributed by atoms with van der Waals surface area (Å²) in [6.45, 7) is 2.55. The number of likely N-dealkylation sites (N-methyl/N-ethyl adjacent to an activating group) is 1. The molecule has 102 valence electrons. The lowest BCUT2D eigenvalue weighted by Gasteiger charge is -2.29. The van der Waals surface area contributed by atoms with E-state index in [0.717, 1.165) is 0 Å². The van der Waals surface area contributed by atoms with Gasteiger partial charge in [-0.2, -0.15) is 0 Å². The zero-order valence-corrected chi connectivity index (χ0v) is 12.4. The molecular formula is C14H22Cl2N2. The maximum absolute atomic E-state index is 3.50. The molecule has 0 amide bonds. The number of nitrogens with one attached hydrogen (secondary N) is 1. The zero-order chi connectivity index (χ0) is 11.0. The van der Waals surface area contributed by atoms with Crippen molar-refractivity contribution < 1.29 is 0 Å². The Labute approximate surface area is 122 Å². The molecule has 0 unspecified atom stereocenters. The minimum atomic E-state index is 0. The van der Waals surface area contributed by atoms with Gasteiger partial charge in [-0.05, 0) is 50.5 Å². The molecule has 2 atom stereocenters. The SMILES string of the molecule is CN[C@@H]1Cc2ccccc2[C@@H]1N1CCCC1.Cl.Cl. The van der Waals surface area contributed by atoms with Crippen LogP contribution in [0, 0.1) is 0 Å². The van der Waals surface area contributed by atoms with Crippen molar-refractivity contribution in [2.75, 3.05) is 20.1 Å². The Kier molecular flexibility index (Phi) is 5.93. The third-order valence-electron chi connectivity index (χ3n) is 4.10. The predicted octanol–water partition coefficient (Wildman–Crippen LogP) is 2.81. The van der Waals surface area contributed by atoms with Gasteiger partial charge in [0.15, 0.2) is 0 Å². The van der Waals surface area contributed by atoms with Crippen LogP contribution in [-0.4, -0.2) is 31.1 Å². The first-order valence-corrected chi connectivity index (χ1v) is 6.39. The molecule has 1 aromatic carbocycles. The quantitative estimate of drug-likeness (QED) is 0.900. The highest BCUT2D eigenvalue weighted by molar-refractivity contribution is 5.85. The molecule has 0 aromatic heterocycles. The fourth-order valence-electron chi connectivity index (χ4n) is 3.30. The van der Waals surface area contributed by atoms with Gasteiger partial charge >= 0.3 is 0 Å². The highest BCUT2D eigenvalue weighted by atomic mass is 35.5. The van der Waals surface area contributed by atoms with E-state index >= 15 is 0 Å². The van der Waals surface area contributed by atoms with Gasteiger partial charge < -0.3 is 5.32 Å². The monoisotopic (exact) mass is 288 g/mol. The van der Waals surface area contributed by atoms with E-state index in [-0.39, 0.29) is 24.8 Å². The average molecular weight is 289 g/mol. The average Bonchev–Trinajstić information content (AvgIpc) is 2.94. The Morgan fingerprint density at radius 2 is 1.78 bits per heavy atom. The van der Waals surface area contributed by atoms with Gasteiger partial charge in [-0.1, -0.05) is 24.3 Å². The van der Waals surface area contributed by atoms with E-state index in [4.69, 9.17) is 0 Å². The first-order chi connectivity index (χ1) is 7.90. The van der Waals surface area contributed by atoms with E-state index in [1.54, 1.807) is 11.1 Å². The summed E-state index contributed by atoms with van der Waals surface area (Å²) in [5.41, 5.74) is 3.10. The van der Waals surface area contributed by atoms with Crippen LogP contribution in [0.15, 0.2) is 24.3 Å². The number of benzene rings is 1. The normalized spacial score (nSPS) is 26.3. The van der Waals surface area contributed by atoms with Gasteiger partial charge in [-0.25, -0.2) is 0 Å². The maximum Gasteiger partial charge on any atom is 0.0507 e. The Hall–Kier alpha value is -0.280. The van der Waals surface area contributed by atoms with Crippen molar-refractivity contribution in [3.63, 3.8) is 0 Å². The van der Waals surface area contributed by atoms with Crippen molar-refractivity contribution in [2.24, 2.45) is 0 Å². The highest BCUT2D eigenvalue weighted by Gasteiger charge is 2.36. The van der Waals surface area contributed by atoms with Crippen molar-refractivity contribution in [3.05, 3.63) is 35.4 Å². The minimum absolute atomic E-state index is 0. The summed E-state index contributed by atoms with van der Waals surface area (Å²) in [5, 5.41) is 3.50. The van der Waals surface area contributed by atoms with Gasteiger partial charge in [0.05, 0.1) is 6.04 Å². The summed E-state index contributed by atoms with van der Waals surface area (Å²) in [6, 6.07) is 10.2. The van der Waals surface area contributed by atoms with Crippen molar-refractivity contribution in [1.82, 2.24) is 10.2 Å². The lowest BCUT2D eigenvalue weighted by molar-refractivity contribution is 0.210. The van der Waals surface area contributed by atoms with Crippen LogP contribution in [-0.2, 0) is 6.42 Å². The molecule has 0 spiro atoms. The van der Waals surface area contributed by atoms with E-state index in [9.17, 15) is 0 Å². The first-order valence-electron chi connectivity index (χ1n) is 6.39. The predicted molar refractivity (Wildman–Crippen MR) is 81.0 cm³/mol. The second-order valence-corrected chi connectivity index (χ2v) is 4.99. The first kappa shape index (κ1) is 15.8. The van der Waals surface area contributed by atoms with Crippen LogP contribution in [0.25, 0.3) is 0 Å². The second-order valence-electron chi connectivity index (χ2n) is 4.99. The van der Waals surface area contributed by atoms with Crippen LogP contribution in [0.4, 0.5) is 0 Å². The number of nitrogens with zero attached hydrogens (tertiary/aromatic N) is 1. The molecule has 3 rings (SSSR count). The Morgan fingerprint density at radius 1 is 1.11 bits per heavy atom. The standard InChI is InChI=1S/C14H20N2.2ClH/c1-15-13-10-11-6-2-3-7-12(11)14(13)16-8-4-5-9-16;;/h2-3,6-7,13-15H,4-5,8-10H2,1H3;2*1H/t13-,14+;;/m1../s1. The molecular weight excluding hydrogens is 267 g/mol. The van der Waals surface area contributed by atoms with Crippen LogP contribution in [0.1, 0.15) is 30.0 Å². The fourth-order valence-corrected chi connectivity index (χ4v) is 3.30. The summed E-state index contributed by atoms with van der Waals surface area (Å²) < 4.78 is 0. The number of likely N-dealkylation sites (tertiary alicyclic amines) is 1. The number of rotatable bonds is 2. The summed E-state index contributed by atoms with van der Waals surface area (Å²) in [5.74, 6) is 0. The van der Waals surface area contributed by atoms with Gasteiger partial charge in [-0.15, -0.1) is 24.8 Å². The molecule has 18 heavy (non-hydrogen) atoms. The largest absolute Gasteiger partial charge is 0.315 e. The molecule has 1 aromatic rings. The van der Waals surface area contributed by atoms with E-state index in [1.807, 2.05) is 0 Å². The molecule has 1 aliphatic carbocycles. The van der Waals surface area contributed by atoms with E-state index in [0.29, 0.717) is 12.1 Å². The van der Waals surface area contributed by atoms with Gasteiger partial charge in [0, 0.05) is 6.04 Å². The van der Waals surface area contributed by atoms with Crippen LogP contribution < -0.4 is 5.32 Å². The van der Waals surface area contributed by atoms with Crippen molar-refractivity contribution >= 4 is 24.8 Å². The number of fused-ring (bicyclic) bond motifs is 1. The van der Waals surface area contributed by atoms with Gasteiger partial charge in [0.25, 0.3) is 0 Å². The molecule has 1 fully saturated rings. The summed E-state index contributed by atoms with van der Waals surface area (Å²) >= 11 is 0. The Bertz CT molecular complexity index is 376. The lowest BCUT2D eigenvalue weighted by Crippen LogP contribution is -2.39. The molecule has 0 radical (unpaired) electrons. The Balaban J connectivity index is 0.000000810. The Morgan fingerprint density at radius 3 is 2.44 bits per heavy atom.